The maximum absolute atomic E-state index is 13.3. The zero-order valence-corrected chi connectivity index (χ0v) is 24.7. The average Bonchev–Trinajstić information content (AvgIpc) is 2.90. The number of hydrogen-bond acceptors (Lipinski definition) is 7. The Morgan fingerprint density at radius 3 is 2.41 bits per heavy atom. The van der Waals surface area contributed by atoms with Gasteiger partial charge < -0.3 is 15.6 Å². The van der Waals surface area contributed by atoms with Crippen LogP contribution in [0.2, 0.25) is 0 Å². The summed E-state index contributed by atoms with van der Waals surface area (Å²) in [4.78, 5) is 17.2. The number of ether oxygens (including phenoxy) is 1. The topological polar surface area (TPSA) is 132 Å². The van der Waals surface area contributed by atoms with E-state index in [0.29, 0.717) is 49.1 Å². The van der Waals surface area contributed by atoms with Crippen molar-refractivity contribution in [3.8, 4) is 0 Å². The highest BCUT2D eigenvalue weighted by Crippen LogP contribution is 2.41. The van der Waals surface area contributed by atoms with Crippen LogP contribution in [-0.4, -0.2) is 30.1 Å². The zero-order valence-electron chi connectivity index (χ0n) is 23.9. The van der Waals surface area contributed by atoms with Crippen LogP contribution in [0.4, 0.5) is 11.4 Å². The molecule has 0 bridgehead atoms. The summed E-state index contributed by atoms with van der Waals surface area (Å²) in [6, 6.07) is 20.0. The first-order valence-electron chi connectivity index (χ1n) is 13.9. The van der Waals surface area contributed by atoms with Crippen molar-refractivity contribution in [1.29, 1.82) is 0 Å². The van der Waals surface area contributed by atoms with Crippen molar-refractivity contribution in [1.82, 2.24) is 4.98 Å². The molecule has 1 atom stereocenters. The van der Waals surface area contributed by atoms with Crippen LogP contribution < -0.4 is 10.5 Å². The number of nitrogen functional groups attached to an aromatic ring is 1. The second-order valence-corrected chi connectivity index (χ2v) is 13.3. The number of aliphatic hydroxyl groups excluding tert-OH is 1. The van der Waals surface area contributed by atoms with Crippen LogP contribution in [0.25, 0.3) is 0 Å². The standard InChI is InChI=1S/C32H39N3O5S/c1-4-16-32(17-15-23-9-6-5-7-10-23)21-28(36)27(30(37)40-32)20-31(2,3)19-24-11-8-12-26(18-24)35-41(38,39)29-14-13-25(33)22-34-29/h5-14,18,22,35-36H,4,15-17,19-21,33H2,1-3H3. The van der Waals surface area contributed by atoms with Crippen molar-refractivity contribution in [2.45, 2.75) is 76.3 Å². The normalized spacial score (nSPS) is 17.8. The number of nitrogens with two attached hydrogens (primary N) is 1. The van der Waals surface area contributed by atoms with Gasteiger partial charge in [-0.3, -0.25) is 4.72 Å². The minimum atomic E-state index is -3.88. The number of hydrogen-bond donors (Lipinski definition) is 3. The maximum atomic E-state index is 13.3. The summed E-state index contributed by atoms with van der Waals surface area (Å²) in [5, 5.41) is 11.0. The molecular formula is C32H39N3O5S. The molecule has 0 spiro atoms. The Morgan fingerprint density at radius 1 is 1.02 bits per heavy atom. The molecule has 1 aromatic heterocycles. The lowest BCUT2D eigenvalue weighted by atomic mass is 9.77. The van der Waals surface area contributed by atoms with Crippen molar-refractivity contribution in [3.05, 3.63) is 95.4 Å². The first-order valence-corrected chi connectivity index (χ1v) is 15.4. The van der Waals surface area contributed by atoms with Crippen molar-refractivity contribution < 1.29 is 23.1 Å². The number of rotatable bonds is 12. The number of aromatic nitrogens is 1. The van der Waals surface area contributed by atoms with Crippen LogP contribution in [0.3, 0.4) is 0 Å². The van der Waals surface area contributed by atoms with Gasteiger partial charge in [-0.15, -0.1) is 0 Å². The van der Waals surface area contributed by atoms with Crippen molar-refractivity contribution >= 4 is 27.4 Å². The Hall–Kier alpha value is -3.85. The molecular weight excluding hydrogens is 538 g/mol. The highest BCUT2D eigenvalue weighted by Gasteiger charge is 2.42. The number of aliphatic hydroxyl groups is 1. The Kier molecular flexibility index (Phi) is 9.07. The SMILES string of the molecule is CCCC1(CCc2ccccc2)CC(O)=C(CC(C)(C)Cc2cccc(NS(=O)(=O)c3ccc(N)cn3)c2)C(=O)O1. The van der Waals surface area contributed by atoms with Gasteiger partial charge in [0.1, 0.15) is 11.4 Å². The molecule has 1 aliphatic heterocycles. The smallest absolute Gasteiger partial charge is 0.337 e. The Morgan fingerprint density at radius 2 is 1.76 bits per heavy atom. The van der Waals surface area contributed by atoms with Crippen LogP contribution >= 0.6 is 0 Å². The molecule has 2 heterocycles. The molecule has 4 N–H and O–H groups in total. The molecule has 41 heavy (non-hydrogen) atoms. The summed E-state index contributed by atoms with van der Waals surface area (Å²) in [7, 11) is -3.88. The molecule has 0 amide bonds. The highest BCUT2D eigenvalue weighted by molar-refractivity contribution is 7.92. The zero-order chi connectivity index (χ0) is 29.7. The van der Waals surface area contributed by atoms with E-state index in [1.54, 1.807) is 18.2 Å². The third-order valence-corrected chi connectivity index (χ3v) is 8.66. The summed E-state index contributed by atoms with van der Waals surface area (Å²) >= 11 is 0. The predicted molar refractivity (Wildman–Crippen MR) is 161 cm³/mol. The van der Waals surface area contributed by atoms with E-state index >= 15 is 0 Å². The number of nitrogens with one attached hydrogen (secondary N) is 1. The van der Waals surface area contributed by atoms with E-state index in [1.807, 2.05) is 38.1 Å². The number of carbonyl (C=O) groups is 1. The number of carbonyl (C=O) groups excluding carboxylic acids is 1. The fourth-order valence-electron chi connectivity index (χ4n) is 5.47. The van der Waals surface area contributed by atoms with Crippen molar-refractivity contribution in [2.75, 3.05) is 10.5 Å². The van der Waals surface area contributed by atoms with Gasteiger partial charge in [0.15, 0.2) is 5.03 Å². The van der Waals surface area contributed by atoms with E-state index in [2.05, 4.69) is 28.8 Å². The average molecular weight is 578 g/mol. The molecule has 0 radical (unpaired) electrons. The number of benzene rings is 2. The second kappa shape index (κ2) is 12.3. The quantitative estimate of drug-likeness (QED) is 0.214. The minimum Gasteiger partial charge on any atom is -0.512 e. The van der Waals surface area contributed by atoms with Crippen LogP contribution in [0.15, 0.2) is 89.3 Å². The van der Waals surface area contributed by atoms with Gasteiger partial charge in [-0.1, -0.05) is 69.7 Å². The minimum absolute atomic E-state index is 0.105. The summed E-state index contributed by atoms with van der Waals surface area (Å²) in [5.74, 6) is -0.353. The highest BCUT2D eigenvalue weighted by atomic mass is 32.2. The van der Waals surface area contributed by atoms with Gasteiger partial charge in [0.05, 0.1) is 17.5 Å². The number of anilines is 2. The van der Waals surface area contributed by atoms with Gasteiger partial charge in [-0.05, 0) is 72.9 Å². The second-order valence-electron chi connectivity index (χ2n) is 11.7. The van der Waals surface area contributed by atoms with Gasteiger partial charge >= 0.3 is 5.97 Å². The molecule has 3 aromatic rings. The fraction of sp³-hybridized carbons (Fsp3) is 0.375. The number of cyclic esters (lactones) is 1. The third kappa shape index (κ3) is 7.88. The van der Waals surface area contributed by atoms with Crippen molar-refractivity contribution in [3.63, 3.8) is 0 Å². The van der Waals surface area contributed by atoms with Crippen LogP contribution in [0, 0.1) is 5.41 Å². The van der Waals surface area contributed by atoms with Gasteiger partial charge in [0, 0.05) is 12.1 Å². The lowest BCUT2D eigenvalue weighted by molar-refractivity contribution is -0.161. The van der Waals surface area contributed by atoms with Gasteiger partial charge in [0.2, 0.25) is 0 Å². The molecule has 0 saturated carbocycles. The predicted octanol–water partition coefficient (Wildman–Crippen LogP) is 6.35. The molecule has 0 saturated heterocycles. The largest absolute Gasteiger partial charge is 0.512 e. The maximum Gasteiger partial charge on any atom is 0.337 e. The van der Waals surface area contributed by atoms with Crippen LogP contribution in [0.5, 0.6) is 0 Å². The fourth-order valence-corrected chi connectivity index (χ4v) is 6.45. The molecule has 4 rings (SSSR count). The van der Waals surface area contributed by atoms with E-state index in [4.69, 9.17) is 10.5 Å². The third-order valence-electron chi connectivity index (χ3n) is 7.36. The molecule has 2 aromatic carbocycles. The summed E-state index contributed by atoms with van der Waals surface area (Å²) in [6.45, 7) is 6.08. The van der Waals surface area contributed by atoms with Gasteiger partial charge in [0.25, 0.3) is 10.0 Å². The summed E-state index contributed by atoms with van der Waals surface area (Å²) < 4.78 is 34.2. The van der Waals surface area contributed by atoms with E-state index < -0.39 is 27.0 Å². The van der Waals surface area contributed by atoms with Gasteiger partial charge in [-0.2, -0.15) is 8.42 Å². The molecule has 9 heteroatoms. The lowest BCUT2D eigenvalue weighted by Crippen LogP contribution is -2.41. The van der Waals surface area contributed by atoms with E-state index in [-0.39, 0.29) is 10.8 Å². The number of esters is 1. The lowest BCUT2D eigenvalue weighted by Gasteiger charge is -2.38. The monoisotopic (exact) mass is 577 g/mol. The Labute approximate surface area is 242 Å². The van der Waals surface area contributed by atoms with Crippen LogP contribution in [-0.2, 0) is 32.4 Å². The summed E-state index contributed by atoms with van der Waals surface area (Å²) in [5.41, 5.74) is 7.62. The van der Waals surface area contributed by atoms with Crippen LogP contribution in [0.1, 0.15) is 64.0 Å². The molecule has 0 fully saturated rings. The number of pyridine rings is 1. The molecule has 1 unspecified atom stereocenters. The van der Waals surface area contributed by atoms with E-state index in [9.17, 15) is 18.3 Å². The summed E-state index contributed by atoms with van der Waals surface area (Å²) in [6.07, 6.45) is 5.39. The Bertz CT molecular complexity index is 1500. The number of nitrogens with zero attached hydrogens (tertiary/aromatic N) is 1. The Balaban J connectivity index is 1.45. The van der Waals surface area contributed by atoms with E-state index in [1.165, 1.54) is 23.9 Å². The van der Waals surface area contributed by atoms with Crippen molar-refractivity contribution in [2.24, 2.45) is 5.41 Å². The van der Waals surface area contributed by atoms with E-state index in [0.717, 1.165) is 18.4 Å². The first kappa shape index (κ1) is 30.1. The molecule has 0 aliphatic carbocycles. The molecule has 8 nitrogen and oxygen atoms in total. The number of aryl methyl sites for hydroxylation is 1. The molecule has 218 valence electrons. The first-order chi connectivity index (χ1) is 19.4. The molecule has 1 aliphatic rings. The van der Waals surface area contributed by atoms with Gasteiger partial charge in [-0.25, -0.2) is 9.78 Å². The number of sulfonamides is 1.